The van der Waals surface area contributed by atoms with Gasteiger partial charge in [0.15, 0.2) is 0 Å². The maximum atomic E-state index is 5.62. The topological polar surface area (TPSA) is 34.1 Å². The van der Waals surface area contributed by atoms with Gasteiger partial charge in [-0.3, -0.25) is 4.98 Å². The number of nitrogens with zero attached hydrogens (tertiary/aromatic N) is 1. The van der Waals surface area contributed by atoms with Crippen LogP contribution in [0, 0.1) is 0 Å². The van der Waals surface area contributed by atoms with Crippen molar-refractivity contribution in [1.29, 1.82) is 0 Å². The summed E-state index contributed by atoms with van der Waals surface area (Å²) in [6, 6.07) is 14.2. The van der Waals surface area contributed by atoms with E-state index >= 15 is 0 Å². The fourth-order valence-corrected chi connectivity index (χ4v) is 1.73. The Morgan fingerprint density at radius 1 is 1.11 bits per heavy atom. The number of hydrogen-bond acceptors (Lipinski definition) is 3. The Kier molecular flexibility index (Phi) is 4.73. The zero-order valence-electron chi connectivity index (χ0n) is 10.5. The average molecular weight is 242 g/mol. The first kappa shape index (κ1) is 12.6. The summed E-state index contributed by atoms with van der Waals surface area (Å²) in [5.74, 6) is 0.913. The summed E-state index contributed by atoms with van der Waals surface area (Å²) in [6.07, 6.45) is 3.63. The van der Waals surface area contributed by atoms with E-state index in [1.54, 1.807) is 0 Å². The number of para-hydroxylation sites is 1. The summed E-state index contributed by atoms with van der Waals surface area (Å²) in [5.41, 5.74) is 1.24. The Labute approximate surface area is 108 Å². The molecule has 3 nitrogen and oxygen atoms in total. The summed E-state index contributed by atoms with van der Waals surface area (Å²) in [4.78, 5) is 4.01. The second-order valence-corrected chi connectivity index (χ2v) is 4.12. The first-order valence-electron chi connectivity index (χ1n) is 6.17. The van der Waals surface area contributed by atoms with Crippen molar-refractivity contribution in [2.45, 2.75) is 13.0 Å². The highest BCUT2D eigenvalue weighted by molar-refractivity contribution is 5.20. The van der Waals surface area contributed by atoms with Crippen LogP contribution >= 0.6 is 0 Å². The van der Waals surface area contributed by atoms with E-state index in [0.717, 1.165) is 12.3 Å². The minimum atomic E-state index is 0.312. The number of nitrogens with one attached hydrogen (secondary N) is 1. The summed E-state index contributed by atoms with van der Waals surface area (Å²) >= 11 is 0. The van der Waals surface area contributed by atoms with Gasteiger partial charge in [-0.2, -0.15) is 0 Å². The molecule has 0 spiro atoms. The molecule has 0 aliphatic carbocycles. The molecule has 0 saturated carbocycles. The normalized spacial score (nSPS) is 12.1. The van der Waals surface area contributed by atoms with Gasteiger partial charge in [0.2, 0.25) is 0 Å². The second kappa shape index (κ2) is 6.77. The van der Waals surface area contributed by atoms with Crippen LogP contribution in [0.5, 0.6) is 5.75 Å². The minimum Gasteiger partial charge on any atom is -0.492 e. The van der Waals surface area contributed by atoms with Crippen molar-refractivity contribution in [2.24, 2.45) is 0 Å². The van der Waals surface area contributed by atoms with Gasteiger partial charge in [-0.15, -0.1) is 0 Å². The molecule has 1 unspecified atom stereocenters. The first-order valence-corrected chi connectivity index (χ1v) is 6.17. The van der Waals surface area contributed by atoms with Crippen molar-refractivity contribution in [3.63, 3.8) is 0 Å². The Morgan fingerprint density at radius 3 is 2.56 bits per heavy atom. The maximum Gasteiger partial charge on any atom is 0.119 e. The van der Waals surface area contributed by atoms with Gasteiger partial charge in [-0.25, -0.2) is 0 Å². The third kappa shape index (κ3) is 3.86. The summed E-state index contributed by atoms with van der Waals surface area (Å²) in [5, 5.41) is 3.42. The Morgan fingerprint density at radius 2 is 1.83 bits per heavy atom. The lowest BCUT2D eigenvalue weighted by Gasteiger charge is -2.14. The molecule has 1 N–H and O–H groups in total. The molecule has 2 aromatic rings. The van der Waals surface area contributed by atoms with Gasteiger partial charge in [-0.1, -0.05) is 18.2 Å². The van der Waals surface area contributed by atoms with E-state index in [9.17, 15) is 0 Å². The van der Waals surface area contributed by atoms with E-state index in [1.165, 1.54) is 5.56 Å². The average Bonchev–Trinajstić information content (AvgIpc) is 2.45. The van der Waals surface area contributed by atoms with E-state index in [-0.39, 0.29) is 0 Å². The molecule has 1 heterocycles. The van der Waals surface area contributed by atoms with Gasteiger partial charge >= 0.3 is 0 Å². The molecular formula is C15H18N2O. The lowest BCUT2D eigenvalue weighted by atomic mass is 10.1. The van der Waals surface area contributed by atoms with Gasteiger partial charge in [0.25, 0.3) is 0 Å². The van der Waals surface area contributed by atoms with Crippen LogP contribution < -0.4 is 10.1 Å². The Bertz CT molecular complexity index is 445. The highest BCUT2D eigenvalue weighted by atomic mass is 16.5. The molecule has 1 aromatic heterocycles. The van der Waals surface area contributed by atoms with E-state index in [0.29, 0.717) is 12.6 Å². The summed E-state index contributed by atoms with van der Waals surface area (Å²) < 4.78 is 5.62. The predicted octanol–water partition coefficient (Wildman–Crippen LogP) is 2.81. The largest absolute Gasteiger partial charge is 0.492 e. The van der Waals surface area contributed by atoms with Gasteiger partial charge in [0.05, 0.1) is 0 Å². The van der Waals surface area contributed by atoms with Crippen molar-refractivity contribution < 1.29 is 4.74 Å². The molecule has 1 aromatic carbocycles. The second-order valence-electron chi connectivity index (χ2n) is 4.12. The highest BCUT2D eigenvalue weighted by Crippen LogP contribution is 2.10. The number of pyridine rings is 1. The zero-order chi connectivity index (χ0) is 12.6. The summed E-state index contributed by atoms with van der Waals surface area (Å²) in [7, 11) is 0. The number of ether oxygens (including phenoxy) is 1. The third-order valence-corrected chi connectivity index (χ3v) is 2.77. The molecule has 0 saturated heterocycles. The molecule has 0 aliphatic heterocycles. The molecule has 2 rings (SSSR count). The quantitative estimate of drug-likeness (QED) is 0.791. The maximum absolute atomic E-state index is 5.62. The van der Waals surface area contributed by atoms with E-state index in [4.69, 9.17) is 4.74 Å². The molecule has 18 heavy (non-hydrogen) atoms. The monoisotopic (exact) mass is 242 g/mol. The van der Waals surface area contributed by atoms with Crippen LogP contribution in [-0.4, -0.2) is 18.1 Å². The first-order chi connectivity index (χ1) is 8.86. The van der Waals surface area contributed by atoms with Crippen molar-refractivity contribution in [3.8, 4) is 5.75 Å². The number of benzene rings is 1. The number of hydrogen-bond donors (Lipinski definition) is 1. The molecule has 0 bridgehead atoms. The van der Waals surface area contributed by atoms with Crippen LogP contribution in [0.3, 0.4) is 0 Å². The number of rotatable bonds is 6. The van der Waals surface area contributed by atoms with Gasteiger partial charge in [-0.05, 0) is 36.8 Å². The van der Waals surface area contributed by atoms with Crippen LogP contribution in [0.4, 0.5) is 0 Å². The molecule has 94 valence electrons. The zero-order valence-corrected chi connectivity index (χ0v) is 10.5. The van der Waals surface area contributed by atoms with Crippen molar-refractivity contribution in [2.75, 3.05) is 13.2 Å². The molecule has 0 amide bonds. The van der Waals surface area contributed by atoms with Crippen LogP contribution in [0.25, 0.3) is 0 Å². The molecule has 0 aliphatic rings. The van der Waals surface area contributed by atoms with Gasteiger partial charge in [0, 0.05) is 25.0 Å². The molecule has 0 fully saturated rings. The molecule has 3 heteroatoms. The lowest BCUT2D eigenvalue weighted by molar-refractivity contribution is 0.307. The third-order valence-electron chi connectivity index (χ3n) is 2.77. The molecule has 1 atom stereocenters. The highest BCUT2D eigenvalue weighted by Gasteiger charge is 2.03. The standard InChI is InChI=1S/C15H18N2O/c1-13(14-7-9-16-10-8-14)17-11-12-18-15-5-3-2-4-6-15/h2-10,13,17H,11-12H2,1H3. The molecule has 0 radical (unpaired) electrons. The minimum absolute atomic E-state index is 0.312. The van der Waals surface area contributed by atoms with E-state index in [1.807, 2.05) is 54.9 Å². The van der Waals surface area contributed by atoms with Crippen LogP contribution in [0.15, 0.2) is 54.9 Å². The van der Waals surface area contributed by atoms with E-state index in [2.05, 4.69) is 17.2 Å². The van der Waals surface area contributed by atoms with Gasteiger partial charge in [0.1, 0.15) is 12.4 Å². The van der Waals surface area contributed by atoms with E-state index < -0.39 is 0 Å². The number of aromatic nitrogens is 1. The van der Waals surface area contributed by atoms with Crippen LogP contribution in [0.1, 0.15) is 18.5 Å². The van der Waals surface area contributed by atoms with Crippen LogP contribution in [-0.2, 0) is 0 Å². The fraction of sp³-hybridized carbons (Fsp3) is 0.267. The predicted molar refractivity (Wildman–Crippen MR) is 72.6 cm³/mol. The smallest absolute Gasteiger partial charge is 0.119 e. The van der Waals surface area contributed by atoms with Crippen LogP contribution in [0.2, 0.25) is 0 Å². The SMILES string of the molecule is CC(NCCOc1ccccc1)c1ccncc1. The van der Waals surface area contributed by atoms with Crippen molar-refractivity contribution in [1.82, 2.24) is 10.3 Å². The Hall–Kier alpha value is -1.87. The fourth-order valence-electron chi connectivity index (χ4n) is 1.73. The van der Waals surface area contributed by atoms with Gasteiger partial charge < -0.3 is 10.1 Å². The Balaban J connectivity index is 1.70. The van der Waals surface area contributed by atoms with Crippen molar-refractivity contribution >= 4 is 0 Å². The van der Waals surface area contributed by atoms with Crippen molar-refractivity contribution in [3.05, 3.63) is 60.4 Å². The summed E-state index contributed by atoms with van der Waals surface area (Å²) in [6.45, 7) is 3.62. The lowest BCUT2D eigenvalue weighted by Crippen LogP contribution is -2.24. The molecular weight excluding hydrogens is 224 g/mol.